The van der Waals surface area contributed by atoms with Crippen LogP contribution in [0.3, 0.4) is 0 Å². The minimum atomic E-state index is -0.239. The topological polar surface area (TPSA) is 86.5 Å². The maximum atomic E-state index is 12.9. The summed E-state index contributed by atoms with van der Waals surface area (Å²) in [5.74, 6) is 0.983. The Morgan fingerprint density at radius 1 is 1.12 bits per heavy atom. The minimum Gasteiger partial charge on any atom is -0.497 e. The highest BCUT2D eigenvalue weighted by atomic mass is 32.1. The third kappa shape index (κ3) is 3.62. The highest BCUT2D eigenvalue weighted by Crippen LogP contribution is 2.33. The van der Waals surface area contributed by atoms with Crippen molar-refractivity contribution < 1.29 is 14.3 Å². The number of anilines is 3. The first-order chi connectivity index (χ1) is 12.5. The summed E-state index contributed by atoms with van der Waals surface area (Å²) in [4.78, 5) is 17.5. The number of aryl methyl sites for hydroxylation is 1. The van der Waals surface area contributed by atoms with E-state index in [-0.39, 0.29) is 11.6 Å². The number of thiazole rings is 1. The van der Waals surface area contributed by atoms with Crippen molar-refractivity contribution in [1.82, 2.24) is 4.98 Å². The first kappa shape index (κ1) is 17.8. The fourth-order valence-electron chi connectivity index (χ4n) is 2.42. The molecule has 0 atom stereocenters. The van der Waals surface area contributed by atoms with E-state index in [1.807, 2.05) is 31.2 Å². The van der Waals surface area contributed by atoms with Crippen LogP contribution in [0.15, 0.2) is 42.5 Å². The number of methoxy groups -OCH3 is 2. The number of ether oxygens (including phenoxy) is 2. The molecule has 26 heavy (non-hydrogen) atoms. The Bertz CT molecular complexity index is 936. The number of ketones is 1. The third-order valence-corrected chi connectivity index (χ3v) is 4.80. The van der Waals surface area contributed by atoms with E-state index in [2.05, 4.69) is 10.3 Å². The second kappa shape index (κ2) is 7.45. The van der Waals surface area contributed by atoms with Crippen LogP contribution in [0.4, 0.5) is 16.6 Å². The Labute approximate surface area is 155 Å². The molecular weight excluding hydrogens is 350 g/mol. The van der Waals surface area contributed by atoms with Gasteiger partial charge in [-0.2, -0.15) is 0 Å². The zero-order valence-corrected chi connectivity index (χ0v) is 15.5. The molecule has 3 rings (SSSR count). The number of hydrogen-bond donors (Lipinski definition) is 2. The minimum absolute atomic E-state index is 0.187. The molecule has 0 unspecified atom stereocenters. The molecule has 3 aromatic rings. The van der Waals surface area contributed by atoms with Crippen LogP contribution in [-0.4, -0.2) is 25.0 Å². The molecule has 3 N–H and O–H groups in total. The van der Waals surface area contributed by atoms with Gasteiger partial charge in [0.05, 0.1) is 19.8 Å². The lowest BCUT2D eigenvalue weighted by molar-refractivity contribution is 0.104. The average Bonchev–Trinajstić information content (AvgIpc) is 3.02. The molecule has 2 aromatic carbocycles. The van der Waals surface area contributed by atoms with Gasteiger partial charge in [-0.05, 0) is 31.2 Å². The van der Waals surface area contributed by atoms with Crippen molar-refractivity contribution in [2.24, 2.45) is 0 Å². The number of aromatic nitrogens is 1. The second-order valence-electron chi connectivity index (χ2n) is 5.62. The number of nitrogens with zero attached hydrogens (tertiary/aromatic N) is 1. The van der Waals surface area contributed by atoms with Crippen molar-refractivity contribution in [2.45, 2.75) is 6.92 Å². The summed E-state index contributed by atoms with van der Waals surface area (Å²) < 4.78 is 10.5. The normalized spacial score (nSPS) is 10.4. The van der Waals surface area contributed by atoms with Crippen LogP contribution in [0.5, 0.6) is 11.5 Å². The monoisotopic (exact) mass is 369 g/mol. The number of carbonyl (C=O) groups excluding carboxylic acids is 1. The van der Waals surface area contributed by atoms with Crippen LogP contribution in [0.25, 0.3) is 0 Å². The maximum absolute atomic E-state index is 12.9. The fourth-order valence-corrected chi connectivity index (χ4v) is 3.28. The predicted octanol–water partition coefficient (Wildman–Crippen LogP) is 4.03. The Hall–Kier alpha value is -3.06. The zero-order chi connectivity index (χ0) is 18.7. The van der Waals surface area contributed by atoms with Gasteiger partial charge >= 0.3 is 0 Å². The van der Waals surface area contributed by atoms with Gasteiger partial charge in [0.25, 0.3) is 0 Å². The molecule has 0 aliphatic carbocycles. The Kier molecular flexibility index (Phi) is 5.09. The number of nitrogens with one attached hydrogen (secondary N) is 1. The van der Waals surface area contributed by atoms with E-state index in [4.69, 9.17) is 15.2 Å². The molecule has 0 saturated carbocycles. The van der Waals surface area contributed by atoms with E-state index in [9.17, 15) is 4.79 Å². The molecule has 0 fully saturated rings. The van der Waals surface area contributed by atoms with Crippen molar-refractivity contribution >= 4 is 33.8 Å². The van der Waals surface area contributed by atoms with Crippen molar-refractivity contribution in [3.63, 3.8) is 0 Å². The highest BCUT2D eigenvalue weighted by Gasteiger charge is 2.21. The molecule has 6 nitrogen and oxygen atoms in total. The number of rotatable bonds is 6. The lowest BCUT2D eigenvalue weighted by atomic mass is 10.1. The molecule has 7 heteroatoms. The van der Waals surface area contributed by atoms with E-state index in [0.29, 0.717) is 27.1 Å². The summed E-state index contributed by atoms with van der Waals surface area (Å²) in [6.07, 6.45) is 0. The van der Waals surface area contributed by atoms with Crippen molar-refractivity contribution in [3.05, 3.63) is 58.5 Å². The number of benzene rings is 2. The third-order valence-electron chi connectivity index (χ3n) is 3.82. The van der Waals surface area contributed by atoms with Gasteiger partial charge in [0.15, 0.2) is 5.13 Å². The molecule has 0 spiro atoms. The Morgan fingerprint density at radius 2 is 1.85 bits per heavy atom. The summed E-state index contributed by atoms with van der Waals surface area (Å²) >= 11 is 1.21. The van der Waals surface area contributed by atoms with Crippen LogP contribution in [-0.2, 0) is 0 Å². The summed E-state index contributed by atoms with van der Waals surface area (Å²) in [6, 6.07) is 12.9. The second-order valence-corrected chi connectivity index (χ2v) is 6.62. The molecule has 1 heterocycles. The van der Waals surface area contributed by atoms with E-state index >= 15 is 0 Å². The van der Waals surface area contributed by atoms with Crippen molar-refractivity contribution in [3.8, 4) is 11.5 Å². The summed E-state index contributed by atoms with van der Waals surface area (Å²) in [6.45, 7) is 2.02. The average molecular weight is 369 g/mol. The van der Waals surface area contributed by atoms with Crippen LogP contribution in [0.2, 0.25) is 0 Å². The van der Waals surface area contributed by atoms with E-state index < -0.39 is 0 Å². The van der Waals surface area contributed by atoms with Gasteiger partial charge in [0.2, 0.25) is 5.78 Å². The van der Waals surface area contributed by atoms with Gasteiger partial charge in [0.1, 0.15) is 22.2 Å². The van der Waals surface area contributed by atoms with Crippen LogP contribution < -0.4 is 20.5 Å². The van der Waals surface area contributed by atoms with Gasteiger partial charge < -0.3 is 20.5 Å². The molecule has 0 saturated heterocycles. The van der Waals surface area contributed by atoms with Gasteiger partial charge in [-0.3, -0.25) is 4.79 Å². The molecule has 1 aromatic heterocycles. The predicted molar refractivity (Wildman–Crippen MR) is 104 cm³/mol. The standard InChI is InChI=1S/C19H19N3O3S/c1-11-4-6-12(7-5-11)21-19-22-18(20)17(26-19)16(23)14-9-8-13(24-2)10-15(14)25-3/h4-10H,20H2,1-3H3,(H,21,22). The fraction of sp³-hybridized carbons (Fsp3) is 0.158. The first-order valence-corrected chi connectivity index (χ1v) is 8.70. The molecule has 0 aliphatic heterocycles. The smallest absolute Gasteiger partial charge is 0.210 e. The number of hydrogen-bond acceptors (Lipinski definition) is 7. The van der Waals surface area contributed by atoms with E-state index in [1.165, 1.54) is 18.4 Å². The highest BCUT2D eigenvalue weighted by molar-refractivity contribution is 7.18. The largest absolute Gasteiger partial charge is 0.497 e. The SMILES string of the molecule is COc1ccc(C(=O)c2sc(Nc3ccc(C)cc3)nc2N)c(OC)c1. The molecular formula is C19H19N3O3S. The van der Waals surface area contributed by atoms with Crippen molar-refractivity contribution in [1.29, 1.82) is 0 Å². The molecule has 0 bridgehead atoms. The van der Waals surface area contributed by atoms with E-state index in [1.54, 1.807) is 25.3 Å². The first-order valence-electron chi connectivity index (χ1n) is 7.88. The molecule has 0 aliphatic rings. The summed E-state index contributed by atoms with van der Waals surface area (Å²) in [5, 5.41) is 3.73. The van der Waals surface area contributed by atoms with Gasteiger partial charge in [-0.25, -0.2) is 4.98 Å². The number of carbonyl (C=O) groups is 1. The van der Waals surface area contributed by atoms with Crippen molar-refractivity contribution in [2.75, 3.05) is 25.3 Å². The number of nitrogen functional groups attached to an aromatic ring is 1. The lowest BCUT2D eigenvalue weighted by Crippen LogP contribution is -2.05. The molecule has 0 radical (unpaired) electrons. The zero-order valence-electron chi connectivity index (χ0n) is 14.7. The maximum Gasteiger partial charge on any atom is 0.210 e. The lowest BCUT2D eigenvalue weighted by Gasteiger charge is -2.08. The summed E-state index contributed by atoms with van der Waals surface area (Å²) in [5.41, 5.74) is 8.43. The van der Waals surface area contributed by atoms with Gasteiger partial charge in [0, 0.05) is 11.8 Å². The Morgan fingerprint density at radius 3 is 2.50 bits per heavy atom. The van der Waals surface area contributed by atoms with Gasteiger partial charge in [-0.15, -0.1) is 0 Å². The quantitative estimate of drug-likeness (QED) is 0.638. The Balaban J connectivity index is 1.89. The number of nitrogens with two attached hydrogens (primary N) is 1. The van der Waals surface area contributed by atoms with Crippen LogP contribution in [0, 0.1) is 6.92 Å². The molecule has 0 amide bonds. The van der Waals surface area contributed by atoms with E-state index in [0.717, 1.165) is 11.3 Å². The van der Waals surface area contributed by atoms with Crippen LogP contribution in [0.1, 0.15) is 20.8 Å². The van der Waals surface area contributed by atoms with Crippen LogP contribution >= 0.6 is 11.3 Å². The molecule has 134 valence electrons. The summed E-state index contributed by atoms with van der Waals surface area (Å²) in [7, 11) is 3.06. The van der Waals surface area contributed by atoms with Gasteiger partial charge in [-0.1, -0.05) is 29.0 Å².